The number of hydrogen-bond donors (Lipinski definition) is 0. The molecule has 4 rings (SSSR count). The summed E-state index contributed by atoms with van der Waals surface area (Å²) in [6.45, 7) is 0.168. The van der Waals surface area contributed by atoms with Gasteiger partial charge in [0.2, 0.25) is 5.91 Å². The molecular weight excluding hydrogens is 448 g/mol. The number of benzene rings is 2. The van der Waals surface area contributed by atoms with E-state index in [-0.39, 0.29) is 30.4 Å². The van der Waals surface area contributed by atoms with Gasteiger partial charge in [-0.15, -0.1) is 0 Å². The number of sulfone groups is 1. The molecule has 7 nitrogen and oxygen atoms in total. The molecule has 9 heteroatoms. The summed E-state index contributed by atoms with van der Waals surface area (Å²) in [6.07, 6.45) is 1.39. The number of ether oxygens (including phenoxy) is 1. The number of rotatable bonds is 9. The first-order chi connectivity index (χ1) is 15.4. The van der Waals surface area contributed by atoms with E-state index in [9.17, 15) is 13.2 Å². The Kier molecular flexibility index (Phi) is 6.57. The zero-order valence-electron chi connectivity index (χ0n) is 17.4. The first-order valence-electron chi connectivity index (χ1n) is 9.95. The van der Waals surface area contributed by atoms with Crippen LogP contribution in [0.1, 0.15) is 17.7 Å². The first-order valence-corrected chi connectivity index (χ1v) is 12.6. The highest BCUT2D eigenvalue weighted by molar-refractivity contribution is 7.90. The van der Waals surface area contributed by atoms with Crippen LogP contribution in [-0.2, 0) is 26.9 Å². The fourth-order valence-corrected chi connectivity index (χ4v) is 5.53. The third-order valence-electron chi connectivity index (χ3n) is 4.87. The fraction of sp³-hybridized carbons (Fsp3) is 0.217. The summed E-state index contributed by atoms with van der Waals surface area (Å²) in [6, 6.07) is 18.0. The minimum absolute atomic E-state index is 0.0970. The lowest BCUT2D eigenvalue weighted by Gasteiger charge is -2.18. The number of amides is 1. The summed E-state index contributed by atoms with van der Waals surface area (Å²) >= 11 is 1.36. The number of thiazole rings is 1. The molecule has 166 valence electrons. The summed E-state index contributed by atoms with van der Waals surface area (Å²) in [5.41, 5.74) is 1.41. The number of aromatic nitrogens is 1. The standard InChI is InChI=1S/C23H22N2O5S2/c1-29-18-9-10-21-20(14-18)24-23(31-21)25(15-19-8-5-12-30-19)22(26)11-13-32(27,28)16-17-6-3-2-4-7-17/h2-10,12,14H,11,13,15-16H2,1H3. The van der Waals surface area contributed by atoms with Crippen molar-refractivity contribution >= 4 is 42.4 Å². The van der Waals surface area contributed by atoms with Gasteiger partial charge < -0.3 is 9.15 Å². The summed E-state index contributed by atoms with van der Waals surface area (Å²) in [5, 5.41) is 0.482. The normalized spacial score (nSPS) is 11.5. The van der Waals surface area contributed by atoms with Gasteiger partial charge in [0.1, 0.15) is 11.5 Å². The predicted octanol–water partition coefficient (Wildman–Crippen LogP) is 4.44. The van der Waals surface area contributed by atoms with Gasteiger partial charge in [0.15, 0.2) is 15.0 Å². The summed E-state index contributed by atoms with van der Waals surface area (Å²) in [4.78, 5) is 19.2. The highest BCUT2D eigenvalue weighted by atomic mass is 32.2. The quantitative estimate of drug-likeness (QED) is 0.359. The smallest absolute Gasteiger partial charge is 0.230 e. The Bertz CT molecular complexity index is 1300. The van der Waals surface area contributed by atoms with Crippen molar-refractivity contribution in [1.82, 2.24) is 4.98 Å². The van der Waals surface area contributed by atoms with Crippen molar-refractivity contribution in [3.63, 3.8) is 0 Å². The van der Waals surface area contributed by atoms with E-state index in [0.717, 1.165) is 4.70 Å². The Morgan fingerprint density at radius 1 is 1.12 bits per heavy atom. The van der Waals surface area contributed by atoms with Gasteiger partial charge in [-0.25, -0.2) is 13.4 Å². The topological polar surface area (TPSA) is 89.7 Å². The van der Waals surface area contributed by atoms with Crippen LogP contribution in [0.15, 0.2) is 71.3 Å². The average Bonchev–Trinajstić information content (AvgIpc) is 3.45. The van der Waals surface area contributed by atoms with Crippen LogP contribution in [0.25, 0.3) is 10.2 Å². The molecule has 0 unspecified atom stereocenters. The third kappa shape index (κ3) is 5.35. The minimum Gasteiger partial charge on any atom is -0.497 e. The van der Waals surface area contributed by atoms with Crippen molar-refractivity contribution in [3.8, 4) is 5.75 Å². The Morgan fingerprint density at radius 3 is 2.66 bits per heavy atom. The van der Waals surface area contributed by atoms with Crippen molar-refractivity contribution in [1.29, 1.82) is 0 Å². The second-order valence-electron chi connectivity index (χ2n) is 7.22. The van der Waals surface area contributed by atoms with E-state index in [1.165, 1.54) is 22.5 Å². The van der Waals surface area contributed by atoms with Crippen molar-refractivity contribution < 1.29 is 22.4 Å². The van der Waals surface area contributed by atoms with Gasteiger partial charge in [-0.2, -0.15) is 0 Å². The van der Waals surface area contributed by atoms with Crippen LogP contribution < -0.4 is 9.64 Å². The van der Waals surface area contributed by atoms with E-state index in [0.29, 0.717) is 27.7 Å². The first kappa shape index (κ1) is 22.0. The molecule has 32 heavy (non-hydrogen) atoms. The van der Waals surface area contributed by atoms with E-state index in [2.05, 4.69) is 4.98 Å². The lowest BCUT2D eigenvalue weighted by molar-refractivity contribution is -0.118. The van der Waals surface area contributed by atoms with Crippen LogP contribution in [0, 0.1) is 0 Å². The van der Waals surface area contributed by atoms with Gasteiger partial charge >= 0.3 is 0 Å². The molecule has 0 N–H and O–H groups in total. The molecule has 0 aliphatic heterocycles. The molecule has 0 aliphatic carbocycles. The third-order valence-corrected chi connectivity index (χ3v) is 7.52. The average molecular weight is 471 g/mol. The molecule has 2 aromatic carbocycles. The maximum absolute atomic E-state index is 13.1. The van der Waals surface area contributed by atoms with Crippen molar-refractivity contribution in [2.24, 2.45) is 0 Å². The molecule has 2 heterocycles. The fourth-order valence-electron chi connectivity index (χ4n) is 3.24. The molecule has 0 spiro atoms. The number of carbonyl (C=O) groups excluding carboxylic acids is 1. The van der Waals surface area contributed by atoms with Crippen molar-refractivity contribution in [2.75, 3.05) is 17.8 Å². The largest absolute Gasteiger partial charge is 0.497 e. The van der Waals surface area contributed by atoms with Crippen LogP contribution in [0.3, 0.4) is 0 Å². The zero-order chi connectivity index (χ0) is 22.6. The number of fused-ring (bicyclic) bond motifs is 1. The summed E-state index contributed by atoms with van der Waals surface area (Å²) < 4.78 is 36.7. The number of carbonyl (C=O) groups is 1. The number of nitrogens with zero attached hydrogens (tertiary/aromatic N) is 2. The van der Waals surface area contributed by atoms with Crippen LogP contribution >= 0.6 is 11.3 Å². The SMILES string of the molecule is COc1ccc2sc(N(Cc3ccco3)C(=O)CCS(=O)(=O)Cc3ccccc3)nc2c1. The van der Waals surface area contributed by atoms with Crippen molar-refractivity contribution in [2.45, 2.75) is 18.7 Å². The van der Waals surface area contributed by atoms with E-state index >= 15 is 0 Å². The highest BCUT2D eigenvalue weighted by Crippen LogP contribution is 2.32. The van der Waals surface area contributed by atoms with Crippen LogP contribution in [0.4, 0.5) is 5.13 Å². The molecule has 1 amide bonds. The lowest BCUT2D eigenvalue weighted by atomic mass is 10.2. The van der Waals surface area contributed by atoms with E-state index in [4.69, 9.17) is 9.15 Å². The number of methoxy groups -OCH3 is 1. The highest BCUT2D eigenvalue weighted by Gasteiger charge is 2.24. The maximum Gasteiger partial charge on any atom is 0.230 e. The van der Waals surface area contributed by atoms with Crippen LogP contribution in [0.5, 0.6) is 5.75 Å². The molecule has 0 saturated heterocycles. The second kappa shape index (κ2) is 9.54. The molecule has 0 saturated carbocycles. The second-order valence-corrected chi connectivity index (χ2v) is 10.4. The Labute approximate surface area is 190 Å². The van der Waals surface area contributed by atoms with Gasteiger partial charge in [-0.3, -0.25) is 9.69 Å². The van der Waals surface area contributed by atoms with Gasteiger partial charge in [0.25, 0.3) is 0 Å². The van der Waals surface area contributed by atoms with Crippen molar-refractivity contribution in [3.05, 3.63) is 78.3 Å². The molecule has 0 atom stereocenters. The van der Waals surface area contributed by atoms with Crippen LogP contribution in [0.2, 0.25) is 0 Å². The molecule has 4 aromatic rings. The van der Waals surface area contributed by atoms with E-state index < -0.39 is 9.84 Å². The summed E-state index contributed by atoms with van der Waals surface area (Å²) in [7, 11) is -1.87. The number of anilines is 1. The zero-order valence-corrected chi connectivity index (χ0v) is 19.1. The lowest BCUT2D eigenvalue weighted by Crippen LogP contribution is -2.31. The molecule has 0 fully saturated rings. The summed E-state index contributed by atoms with van der Waals surface area (Å²) in [5.74, 6) is 0.589. The van der Waals surface area contributed by atoms with Gasteiger partial charge in [-0.05, 0) is 29.8 Å². The molecule has 2 aromatic heterocycles. The Morgan fingerprint density at radius 2 is 1.94 bits per heavy atom. The molecule has 0 aliphatic rings. The van der Waals surface area contributed by atoms with E-state index in [1.807, 2.05) is 18.2 Å². The number of hydrogen-bond acceptors (Lipinski definition) is 7. The van der Waals surface area contributed by atoms with Crippen LogP contribution in [-0.4, -0.2) is 32.2 Å². The van der Waals surface area contributed by atoms with Gasteiger partial charge in [0.05, 0.1) is 41.6 Å². The molecule has 0 bridgehead atoms. The Hall–Kier alpha value is -3.17. The molecular formula is C23H22N2O5S2. The maximum atomic E-state index is 13.1. The monoisotopic (exact) mass is 470 g/mol. The Balaban J connectivity index is 1.54. The molecule has 0 radical (unpaired) electrons. The van der Waals surface area contributed by atoms with E-state index in [1.54, 1.807) is 49.6 Å². The van der Waals surface area contributed by atoms with Gasteiger partial charge in [0, 0.05) is 12.5 Å². The number of furan rings is 1. The predicted molar refractivity (Wildman–Crippen MR) is 125 cm³/mol. The van der Waals surface area contributed by atoms with Gasteiger partial charge in [-0.1, -0.05) is 41.7 Å². The minimum atomic E-state index is -3.45.